The molecule has 0 spiro atoms. The quantitative estimate of drug-likeness (QED) is 0.455. The summed E-state index contributed by atoms with van der Waals surface area (Å²) in [6.45, 7) is 2.02. The normalized spacial score (nSPS) is 11.3. The number of fused-ring (bicyclic) bond motifs is 1. The molecular weight excluding hydrogens is 448 g/mol. The number of aromatic nitrogens is 1. The number of nitrogens with one attached hydrogen (secondary N) is 1. The first-order chi connectivity index (χ1) is 15.2. The molecule has 0 unspecified atom stereocenters. The maximum absolute atomic E-state index is 12.4. The number of amides is 1. The van der Waals surface area contributed by atoms with Crippen LogP contribution in [0.15, 0.2) is 59.0 Å². The number of thiazole rings is 1. The van der Waals surface area contributed by atoms with Gasteiger partial charge in [0.05, 0.1) is 24.4 Å². The molecule has 10 heteroatoms. The molecule has 0 aliphatic rings. The van der Waals surface area contributed by atoms with E-state index in [1.54, 1.807) is 31.2 Å². The van der Waals surface area contributed by atoms with Gasteiger partial charge in [-0.25, -0.2) is 18.1 Å². The van der Waals surface area contributed by atoms with E-state index in [-0.39, 0.29) is 5.69 Å². The number of nitriles is 1. The molecule has 1 amide bonds. The first-order valence-corrected chi connectivity index (χ1v) is 12.2. The van der Waals surface area contributed by atoms with Gasteiger partial charge in [-0.15, -0.1) is 11.3 Å². The maximum Gasteiger partial charge on any atom is 0.284 e. The van der Waals surface area contributed by atoms with Crippen LogP contribution in [0.2, 0.25) is 0 Å². The number of nitrogens with zero attached hydrogens (tertiary/aromatic N) is 3. The summed E-state index contributed by atoms with van der Waals surface area (Å²) in [4.78, 5) is 19.2. The van der Waals surface area contributed by atoms with Crippen LogP contribution >= 0.6 is 11.3 Å². The van der Waals surface area contributed by atoms with E-state index in [1.165, 1.54) is 11.3 Å². The summed E-state index contributed by atoms with van der Waals surface area (Å²) >= 11 is 1.26. The number of anilines is 2. The Kier molecular flexibility index (Phi) is 5.69. The summed E-state index contributed by atoms with van der Waals surface area (Å²) in [5.41, 5.74) is 2.05. The number of carbonyl (C=O) groups is 1. The van der Waals surface area contributed by atoms with Crippen molar-refractivity contribution in [3.05, 3.63) is 76.5 Å². The summed E-state index contributed by atoms with van der Waals surface area (Å²) in [6.07, 6.45) is 0.915. The van der Waals surface area contributed by atoms with Gasteiger partial charge in [-0.3, -0.25) is 4.79 Å². The first kappa shape index (κ1) is 21.5. The van der Waals surface area contributed by atoms with E-state index in [2.05, 4.69) is 11.1 Å². The van der Waals surface area contributed by atoms with Crippen molar-refractivity contribution in [1.29, 1.82) is 5.26 Å². The largest absolute Gasteiger partial charge is 0.459 e. The van der Waals surface area contributed by atoms with Gasteiger partial charge in [0.2, 0.25) is 10.0 Å². The van der Waals surface area contributed by atoms with Crippen LogP contribution in [-0.2, 0) is 16.6 Å². The topological polar surface area (TPSA) is 116 Å². The zero-order chi connectivity index (χ0) is 22.9. The molecule has 0 bridgehead atoms. The summed E-state index contributed by atoms with van der Waals surface area (Å²) < 4.78 is 30.9. The average molecular weight is 467 g/mol. The molecule has 2 heterocycles. The van der Waals surface area contributed by atoms with Crippen LogP contribution in [-0.4, -0.2) is 25.6 Å². The van der Waals surface area contributed by atoms with Crippen molar-refractivity contribution in [3.63, 3.8) is 0 Å². The number of carbonyl (C=O) groups excluding carboxylic acids is 1. The second-order valence-corrected chi connectivity index (χ2v) is 10.0. The molecule has 0 fully saturated rings. The van der Waals surface area contributed by atoms with Crippen molar-refractivity contribution in [2.45, 2.75) is 13.5 Å². The predicted molar refractivity (Wildman–Crippen MR) is 122 cm³/mol. The van der Waals surface area contributed by atoms with Crippen molar-refractivity contribution < 1.29 is 17.6 Å². The maximum atomic E-state index is 12.4. The van der Waals surface area contributed by atoms with Crippen molar-refractivity contribution in [1.82, 2.24) is 9.71 Å². The SMILES string of the molecule is Cc1sc(N(Cc2cc3ccccc3o2)c2ccc(C#N)cc2)nc1C(=O)NS(C)(=O)=O. The Morgan fingerprint density at radius 2 is 1.94 bits per heavy atom. The van der Waals surface area contributed by atoms with Crippen molar-refractivity contribution in [3.8, 4) is 6.07 Å². The van der Waals surface area contributed by atoms with Crippen LogP contribution in [0.3, 0.4) is 0 Å². The second-order valence-electron chi connectivity index (χ2n) is 7.10. The molecule has 0 saturated heterocycles. The number of benzene rings is 2. The lowest BCUT2D eigenvalue weighted by Gasteiger charge is -2.21. The smallest absolute Gasteiger partial charge is 0.284 e. The van der Waals surface area contributed by atoms with Gasteiger partial charge >= 0.3 is 0 Å². The minimum atomic E-state index is -3.72. The molecule has 0 aliphatic heterocycles. The molecule has 32 heavy (non-hydrogen) atoms. The van der Waals surface area contributed by atoms with E-state index in [0.29, 0.717) is 27.9 Å². The van der Waals surface area contributed by atoms with Gasteiger partial charge < -0.3 is 9.32 Å². The first-order valence-electron chi connectivity index (χ1n) is 9.48. The molecule has 4 aromatic rings. The van der Waals surface area contributed by atoms with Crippen LogP contribution in [0.25, 0.3) is 11.0 Å². The van der Waals surface area contributed by atoms with Crippen LogP contribution in [0, 0.1) is 18.3 Å². The Morgan fingerprint density at radius 3 is 2.59 bits per heavy atom. The minimum Gasteiger partial charge on any atom is -0.459 e. The van der Waals surface area contributed by atoms with E-state index in [4.69, 9.17) is 9.68 Å². The van der Waals surface area contributed by atoms with Gasteiger partial charge in [-0.05, 0) is 43.3 Å². The van der Waals surface area contributed by atoms with Crippen LogP contribution in [0.4, 0.5) is 10.8 Å². The van der Waals surface area contributed by atoms with Crippen LogP contribution < -0.4 is 9.62 Å². The predicted octanol–water partition coefficient (Wildman–Crippen LogP) is 4.10. The summed E-state index contributed by atoms with van der Waals surface area (Å²) in [6, 6.07) is 18.6. The monoisotopic (exact) mass is 466 g/mol. The third-order valence-corrected chi connectivity index (χ3v) is 6.16. The molecule has 0 saturated carbocycles. The summed E-state index contributed by atoms with van der Waals surface area (Å²) in [7, 11) is -3.72. The van der Waals surface area contributed by atoms with E-state index in [0.717, 1.165) is 22.9 Å². The Labute approximate surface area is 188 Å². The van der Waals surface area contributed by atoms with E-state index >= 15 is 0 Å². The Hall–Kier alpha value is -3.68. The Balaban J connectivity index is 1.74. The van der Waals surface area contributed by atoms with Crippen molar-refractivity contribution >= 4 is 49.1 Å². The Morgan fingerprint density at radius 1 is 1.22 bits per heavy atom. The average Bonchev–Trinajstić information content (AvgIpc) is 3.33. The van der Waals surface area contributed by atoms with Gasteiger partial charge in [0.1, 0.15) is 17.0 Å². The lowest BCUT2D eigenvalue weighted by molar-refractivity contribution is 0.0977. The van der Waals surface area contributed by atoms with Crippen LogP contribution in [0.5, 0.6) is 0 Å². The van der Waals surface area contributed by atoms with Gasteiger partial charge in [0, 0.05) is 16.0 Å². The fraction of sp³-hybridized carbons (Fsp3) is 0.136. The van der Waals surface area contributed by atoms with Gasteiger partial charge in [0.15, 0.2) is 5.13 Å². The second kappa shape index (κ2) is 8.45. The van der Waals surface area contributed by atoms with Crippen LogP contribution in [0.1, 0.15) is 26.7 Å². The molecule has 4 rings (SSSR count). The van der Waals surface area contributed by atoms with Crippen molar-refractivity contribution in [2.24, 2.45) is 0 Å². The number of aryl methyl sites for hydroxylation is 1. The zero-order valence-electron chi connectivity index (χ0n) is 17.2. The number of rotatable bonds is 6. The molecule has 0 aliphatic carbocycles. The zero-order valence-corrected chi connectivity index (χ0v) is 18.8. The molecule has 2 aromatic heterocycles. The number of sulfonamides is 1. The third kappa shape index (κ3) is 4.64. The highest BCUT2D eigenvalue weighted by Crippen LogP contribution is 2.34. The lowest BCUT2D eigenvalue weighted by atomic mass is 10.2. The number of hydrogen-bond acceptors (Lipinski definition) is 8. The van der Waals surface area contributed by atoms with Crippen molar-refractivity contribution in [2.75, 3.05) is 11.2 Å². The highest BCUT2D eigenvalue weighted by molar-refractivity contribution is 7.89. The summed E-state index contributed by atoms with van der Waals surface area (Å²) in [5, 5.41) is 10.6. The Bertz CT molecular complexity index is 1410. The molecule has 0 atom stereocenters. The van der Waals surface area contributed by atoms with Gasteiger partial charge in [0.25, 0.3) is 5.91 Å². The standard InChI is InChI=1S/C22H18N4O4S2/c1-14-20(21(27)25-32(2,28)29)24-22(31-14)26(17-9-7-15(12-23)8-10-17)13-18-11-16-5-3-4-6-19(16)30-18/h3-11H,13H2,1-2H3,(H,25,27). The molecular formula is C22H18N4O4S2. The molecule has 2 aromatic carbocycles. The summed E-state index contributed by atoms with van der Waals surface area (Å²) in [5.74, 6) is -0.0958. The number of hydrogen-bond donors (Lipinski definition) is 1. The fourth-order valence-electron chi connectivity index (χ4n) is 3.18. The molecule has 8 nitrogen and oxygen atoms in total. The highest BCUT2D eigenvalue weighted by atomic mass is 32.2. The van der Waals surface area contributed by atoms with E-state index < -0.39 is 15.9 Å². The number of furan rings is 1. The van der Waals surface area contributed by atoms with Gasteiger partial charge in [-0.2, -0.15) is 5.26 Å². The fourth-order valence-corrected chi connectivity index (χ4v) is 4.54. The highest BCUT2D eigenvalue weighted by Gasteiger charge is 2.23. The third-order valence-electron chi connectivity index (χ3n) is 4.61. The number of para-hydroxylation sites is 1. The minimum absolute atomic E-state index is 0.0404. The van der Waals surface area contributed by atoms with E-state index in [1.807, 2.05) is 40.0 Å². The molecule has 1 N–H and O–H groups in total. The lowest BCUT2D eigenvalue weighted by Crippen LogP contribution is -2.30. The van der Waals surface area contributed by atoms with E-state index in [9.17, 15) is 13.2 Å². The molecule has 162 valence electrons. The molecule has 0 radical (unpaired) electrons. The van der Waals surface area contributed by atoms with Gasteiger partial charge in [-0.1, -0.05) is 18.2 Å².